The number of benzene rings is 2. The second-order valence-electron chi connectivity index (χ2n) is 5.83. The largest absolute Gasteiger partial charge is 0.341 e. The Kier molecular flexibility index (Phi) is 3.66. The van der Waals surface area contributed by atoms with Gasteiger partial charge in [0.1, 0.15) is 0 Å². The third-order valence-electron chi connectivity index (χ3n) is 4.16. The Labute approximate surface area is 142 Å². The van der Waals surface area contributed by atoms with Crippen LogP contribution in [0, 0.1) is 0 Å². The monoisotopic (exact) mass is 318 g/mol. The molecule has 0 atom stereocenters. The number of nitrogens with zero attached hydrogens (tertiary/aromatic N) is 2. The minimum Gasteiger partial charge on any atom is -0.341 e. The summed E-state index contributed by atoms with van der Waals surface area (Å²) in [6.07, 6.45) is 2.74. The van der Waals surface area contributed by atoms with Gasteiger partial charge in [-0.1, -0.05) is 35.9 Å². The van der Waals surface area contributed by atoms with Gasteiger partial charge in [0.25, 0.3) is 0 Å². The van der Waals surface area contributed by atoms with Crippen molar-refractivity contribution in [2.24, 2.45) is 0 Å². The molecular weight excluding hydrogens is 293 g/mol. The molecular formula is C19H23ClN2. The first-order valence-electron chi connectivity index (χ1n) is 9.21. The van der Waals surface area contributed by atoms with Gasteiger partial charge >= 0.3 is 0 Å². The Morgan fingerprint density at radius 2 is 1.91 bits per heavy atom. The highest BCUT2D eigenvalue weighted by Crippen LogP contribution is 2.37. The minimum atomic E-state index is -2.04. The lowest BCUT2D eigenvalue weighted by Crippen LogP contribution is -2.24. The summed E-state index contributed by atoms with van der Waals surface area (Å²) in [6.45, 7) is -0.770. The zero-order valence-electron chi connectivity index (χ0n) is 15.8. The van der Waals surface area contributed by atoms with Crippen LogP contribution in [0.1, 0.15) is 21.7 Å². The maximum atomic E-state index is 7.49. The Morgan fingerprint density at radius 3 is 2.73 bits per heavy atom. The fraction of sp³-hybridized carbons (Fsp3) is 0.368. The molecule has 2 nitrogen and oxygen atoms in total. The van der Waals surface area contributed by atoms with E-state index in [1.807, 2.05) is 12.1 Å². The van der Waals surface area contributed by atoms with Crippen molar-refractivity contribution in [1.29, 1.82) is 0 Å². The summed E-state index contributed by atoms with van der Waals surface area (Å²) >= 11 is 6.26. The molecule has 0 saturated carbocycles. The zero-order chi connectivity index (χ0) is 18.0. The van der Waals surface area contributed by atoms with Crippen LogP contribution in [-0.4, -0.2) is 32.0 Å². The van der Waals surface area contributed by atoms with Crippen molar-refractivity contribution in [2.75, 3.05) is 32.0 Å². The molecule has 0 fully saturated rings. The molecule has 3 rings (SSSR count). The highest BCUT2D eigenvalue weighted by molar-refractivity contribution is 6.30. The number of hydrogen-bond acceptors (Lipinski definition) is 2. The normalized spacial score (nSPS) is 16.3. The van der Waals surface area contributed by atoms with E-state index in [1.165, 1.54) is 21.7 Å². The molecule has 1 heterocycles. The lowest BCUT2D eigenvalue weighted by molar-refractivity contribution is 0.402. The molecule has 116 valence electrons. The van der Waals surface area contributed by atoms with Crippen LogP contribution in [0.4, 0.5) is 11.4 Å². The SMILES string of the molecule is [2H][13C]([2H])([2H])N(C)CCCN1c2ccccc2CCc2ccc(Cl)cc21. The van der Waals surface area contributed by atoms with Crippen molar-refractivity contribution in [3.63, 3.8) is 0 Å². The smallest absolute Gasteiger partial charge is 0.0458 e. The van der Waals surface area contributed by atoms with Crippen molar-refractivity contribution < 1.29 is 4.11 Å². The van der Waals surface area contributed by atoms with E-state index in [2.05, 4.69) is 35.2 Å². The predicted octanol–water partition coefficient (Wildman–Crippen LogP) is 4.53. The van der Waals surface area contributed by atoms with Gasteiger partial charge in [0.15, 0.2) is 0 Å². The maximum Gasteiger partial charge on any atom is 0.0458 e. The molecule has 3 heteroatoms. The van der Waals surface area contributed by atoms with Crippen LogP contribution in [0.15, 0.2) is 42.5 Å². The van der Waals surface area contributed by atoms with Gasteiger partial charge in [-0.3, -0.25) is 0 Å². The van der Waals surface area contributed by atoms with E-state index in [-0.39, 0.29) is 0 Å². The number of aryl methyl sites for hydroxylation is 2. The van der Waals surface area contributed by atoms with E-state index < -0.39 is 6.98 Å². The number of para-hydroxylation sites is 1. The molecule has 0 saturated heterocycles. The molecule has 0 N–H and O–H groups in total. The highest BCUT2D eigenvalue weighted by atomic mass is 35.5. The number of rotatable bonds is 4. The number of anilines is 2. The number of fused-ring (bicyclic) bond motifs is 2. The van der Waals surface area contributed by atoms with Crippen molar-refractivity contribution in [3.8, 4) is 0 Å². The average molecular weight is 319 g/mol. The van der Waals surface area contributed by atoms with Crippen LogP contribution in [0.2, 0.25) is 5.02 Å². The van der Waals surface area contributed by atoms with E-state index in [4.69, 9.17) is 15.7 Å². The summed E-state index contributed by atoms with van der Waals surface area (Å²) in [6, 6.07) is 14.5. The molecule has 22 heavy (non-hydrogen) atoms. The molecule has 0 unspecified atom stereocenters. The van der Waals surface area contributed by atoms with Gasteiger partial charge in [0.2, 0.25) is 0 Å². The molecule has 2 aromatic carbocycles. The molecule has 0 amide bonds. The van der Waals surface area contributed by atoms with E-state index in [9.17, 15) is 0 Å². The van der Waals surface area contributed by atoms with Crippen LogP contribution in [-0.2, 0) is 12.8 Å². The second-order valence-corrected chi connectivity index (χ2v) is 6.26. The minimum absolute atomic E-state index is 0.519. The summed E-state index contributed by atoms with van der Waals surface area (Å²) in [7, 11) is 1.65. The first kappa shape index (κ1) is 12.0. The van der Waals surface area contributed by atoms with Gasteiger partial charge < -0.3 is 9.80 Å². The van der Waals surface area contributed by atoms with Gasteiger partial charge in [-0.15, -0.1) is 0 Å². The number of halogens is 1. The van der Waals surface area contributed by atoms with Crippen molar-refractivity contribution >= 4 is 23.0 Å². The summed E-state index contributed by atoms with van der Waals surface area (Å²) in [5.41, 5.74) is 4.93. The molecule has 2 aromatic rings. The van der Waals surface area contributed by atoms with E-state index in [0.717, 1.165) is 36.5 Å². The fourth-order valence-electron chi connectivity index (χ4n) is 3.09. The highest BCUT2D eigenvalue weighted by Gasteiger charge is 2.20. The fourth-order valence-corrected chi connectivity index (χ4v) is 3.26. The van der Waals surface area contributed by atoms with Gasteiger partial charge in [-0.05, 0) is 69.2 Å². The first-order valence-corrected chi connectivity index (χ1v) is 8.09. The average Bonchev–Trinajstić information content (AvgIpc) is 2.71. The maximum absolute atomic E-state index is 7.49. The molecule has 0 radical (unpaired) electrons. The van der Waals surface area contributed by atoms with Crippen LogP contribution in [0.5, 0.6) is 0 Å². The van der Waals surface area contributed by atoms with Crippen molar-refractivity contribution in [1.82, 2.24) is 4.90 Å². The summed E-state index contributed by atoms with van der Waals surface area (Å²) in [5, 5.41) is 0.725. The van der Waals surface area contributed by atoms with Crippen LogP contribution < -0.4 is 4.90 Å². The summed E-state index contributed by atoms with van der Waals surface area (Å²) in [4.78, 5) is 3.71. The lowest BCUT2D eigenvalue weighted by atomic mass is 10.0. The Morgan fingerprint density at radius 1 is 1.14 bits per heavy atom. The Balaban J connectivity index is 1.87. The van der Waals surface area contributed by atoms with Crippen LogP contribution in [0.25, 0.3) is 0 Å². The number of hydrogen-bond donors (Lipinski definition) is 0. The first-order chi connectivity index (χ1) is 11.9. The third kappa shape index (κ3) is 3.29. The topological polar surface area (TPSA) is 6.48 Å². The standard InChI is InChI=1S/C19H23ClN2/c1-21(2)12-5-13-22-18-7-4-3-6-15(18)8-9-16-10-11-17(20)14-19(16)22/h3-4,6-7,10-11,14H,5,8-9,12-13H2,1-2H3/i1+1D3. The van der Waals surface area contributed by atoms with E-state index >= 15 is 0 Å². The van der Waals surface area contributed by atoms with Gasteiger partial charge in [0.05, 0.1) is 0 Å². The molecule has 0 aromatic heterocycles. The van der Waals surface area contributed by atoms with E-state index in [0.29, 0.717) is 6.54 Å². The van der Waals surface area contributed by atoms with Crippen LogP contribution in [0.3, 0.4) is 0 Å². The van der Waals surface area contributed by atoms with E-state index in [1.54, 1.807) is 7.05 Å². The van der Waals surface area contributed by atoms with Gasteiger partial charge in [0, 0.05) is 27.1 Å². The second kappa shape index (κ2) is 6.72. The molecule has 1 aliphatic heterocycles. The molecule has 0 bridgehead atoms. The summed E-state index contributed by atoms with van der Waals surface area (Å²) in [5.74, 6) is 0. The Hall–Kier alpha value is -1.51. The zero-order valence-corrected chi connectivity index (χ0v) is 13.6. The van der Waals surface area contributed by atoms with Crippen LogP contribution >= 0.6 is 11.6 Å². The quantitative estimate of drug-likeness (QED) is 0.764. The lowest BCUT2D eigenvalue weighted by Gasteiger charge is -2.27. The Bertz CT molecular complexity index is 746. The third-order valence-corrected chi connectivity index (χ3v) is 4.39. The predicted molar refractivity (Wildman–Crippen MR) is 95.5 cm³/mol. The molecule has 1 aliphatic rings. The molecule has 0 aliphatic carbocycles. The van der Waals surface area contributed by atoms with Crippen molar-refractivity contribution in [3.05, 3.63) is 58.6 Å². The molecule has 0 spiro atoms. The summed E-state index contributed by atoms with van der Waals surface area (Å²) < 4.78 is 22.5. The van der Waals surface area contributed by atoms with Gasteiger partial charge in [-0.2, -0.15) is 0 Å². The van der Waals surface area contributed by atoms with Crippen molar-refractivity contribution in [2.45, 2.75) is 19.3 Å². The van der Waals surface area contributed by atoms with Gasteiger partial charge in [-0.25, -0.2) is 0 Å².